The summed E-state index contributed by atoms with van der Waals surface area (Å²) in [5.74, 6) is 0. The highest BCUT2D eigenvalue weighted by Crippen LogP contribution is 2.41. The molecule has 5 nitrogen and oxygen atoms in total. The highest BCUT2D eigenvalue weighted by molar-refractivity contribution is 6.21. The van der Waals surface area contributed by atoms with Crippen molar-refractivity contribution in [3.8, 4) is 57.0 Å². The van der Waals surface area contributed by atoms with Crippen LogP contribution < -0.4 is 0 Å². The van der Waals surface area contributed by atoms with Crippen LogP contribution in [0.4, 0.5) is 0 Å². The fourth-order valence-corrected chi connectivity index (χ4v) is 6.21. The molecule has 8 aromatic rings. The molecule has 0 radical (unpaired) electrons. The van der Waals surface area contributed by atoms with Gasteiger partial charge in [0.15, 0.2) is 0 Å². The summed E-state index contributed by atoms with van der Waals surface area (Å²) in [6.45, 7) is 0. The number of rotatable bonds is 4. The summed E-state index contributed by atoms with van der Waals surface area (Å²) in [7, 11) is 0. The second kappa shape index (κ2) is 11.1. The van der Waals surface area contributed by atoms with Crippen molar-refractivity contribution in [3.05, 3.63) is 151 Å². The minimum atomic E-state index is 0.434. The van der Waals surface area contributed by atoms with E-state index in [1.807, 2.05) is 97.1 Å². The molecule has 0 saturated heterocycles. The Labute approximate surface area is 265 Å². The van der Waals surface area contributed by atoms with Gasteiger partial charge in [0.25, 0.3) is 0 Å². The smallest absolute Gasteiger partial charge is 0.0992 e. The van der Waals surface area contributed by atoms with Crippen molar-refractivity contribution in [3.63, 3.8) is 0 Å². The Balaban J connectivity index is 1.48. The molecule has 5 heteroatoms. The van der Waals surface area contributed by atoms with Crippen molar-refractivity contribution >= 4 is 32.7 Å². The molecule has 46 heavy (non-hydrogen) atoms. The molecule has 0 bridgehead atoms. The molecule has 6 aromatic carbocycles. The lowest BCUT2D eigenvalue weighted by atomic mass is 9.91. The molecule has 0 N–H and O–H groups in total. The minimum Gasteiger partial charge on any atom is -0.247 e. The van der Waals surface area contributed by atoms with E-state index in [1.54, 1.807) is 6.07 Å². The Morgan fingerprint density at radius 1 is 0.413 bits per heavy atom. The number of para-hydroxylation sites is 1. The first-order valence-corrected chi connectivity index (χ1v) is 14.9. The minimum absolute atomic E-state index is 0.434. The Morgan fingerprint density at radius 2 is 0.978 bits per heavy atom. The van der Waals surface area contributed by atoms with E-state index in [0.717, 1.165) is 77.6 Å². The van der Waals surface area contributed by atoms with Crippen LogP contribution in [0.1, 0.15) is 11.1 Å². The number of benzene rings is 6. The van der Waals surface area contributed by atoms with Crippen LogP contribution in [0.3, 0.4) is 0 Å². The SMILES string of the molecule is N#Cc1cc(C#N)cc(-c2ccccc2-c2nc3ccccc3c3c2ccc2nc(-c4ccccc4)c(-c4ccccc4)nc23)c1. The number of hydrogen-bond donors (Lipinski definition) is 0. The summed E-state index contributed by atoms with van der Waals surface area (Å²) in [5.41, 5.74) is 10.3. The summed E-state index contributed by atoms with van der Waals surface area (Å²) in [4.78, 5) is 15.9. The normalized spacial score (nSPS) is 11.0. The summed E-state index contributed by atoms with van der Waals surface area (Å²) in [5, 5.41) is 22.3. The van der Waals surface area contributed by atoms with Gasteiger partial charge in [0.2, 0.25) is 0 Å². The molecule has 0 atom stereocenters. The fourth-order valence-electron chi connectivity index (χ4n) is 6.21. The van der Waals surface area contributed by atoms with Gasteiger partial charge in [-0.1, -0.05) is 103 Å². The Bertz CT molecular complexity index is 2510. The van der Waals surface area contributed by atoms with E-state index in [-0.39, 0.29) is 0 Å². The van der Waals surface area contributed by atoms with E-state index in [0.29, 0.717) is 11.1 Å². The zero-order valence-electron chi connectivity index (χ0n) is 24.5. The van der Waals surface area contributed by atoms with Gasteiger partial charge in [-0.2, -0.15) is 10.5 Å². The maximum Gasteiger partial charge on any atom is 0.0992 e. The second-order valence-electron chi connectivity index (χ2n) is 11.1. The first kappa shape index (κ1) is 26.9. The Kier molecular flexibility index (Phi) is 6.49. The molecule has 0 fully saturated rings. The van der Waals surface area contributed by atoms with Gasteiger partial charge in [-0.3, -0.25) is 0 Å². The van der Waals surface area contributed by atoms with E-state index in [1.165, 1.54) is 0 Å². The van der Waals surface area contributed by atoms with Gasteiger partial charge in [0.05, 0.1) is 56.9 Å². The summed E-state index contributed by atoms with van der Waals surface area (Å²) < 4.78 is 0. The highest BCUT2D eigenvalue weighted by atomic mass is 14.8. The van der Waals surface area contributed by atoms with Gasteiger partial charge >= 0.3 is 0 Å². The quantitative estimate of drug-likeness (QED) is 0.192. The highest BCUT2D eigenvalue weighted by Gasteiger charge is 2.20. The van der Waals surface area contributed by atoms with Crippen molar-refractivity contribution in [2.75, 3.05) is 0 Å². The fraction of sp³-hybridized carbons (Fsp3) is 0. The largest absolute Gasteiger partial charge is 0.247 e. The van der Waals surface area contributed by atoms with Gasteiger partial charge < -0.3 is 0 Å². The zero-order chi connectivity index (χ0) is 31.0. The van der Waals surface area contributed by atoms with Crippen LogP contribution in [0.2, 0.25) is 0 Å². The zero-order valence-corrected chi connectivity index (χ0v) is 24.5. The van der Waals surface area contributed by atoms with Crippen LogP contribution in [0.25, 0.3) is 77.6 Å². The van der Waals surface area contributed by atoms with Crippen LogP contribution in [-0.2, 0) is 0 Å². The van der Waals surface area contributed by atoms with Gasteiger partial charge in [-0.15, -0.1) is 0 Å². The summed E-state index contributed by atoms with van der Waals surface area (Å²) in [6.07, 6.45) is 0. The van der Waals surface area contributed by atoms with Crippen LogP contribution in [0, 0.1) is 22.7 Å². The van der Waals surface area contributed by atoms with Crippen LogP contribution in [0.15, 0.2) is 140 Å². The van der Waals surface area contributed by atoms with Crippen molar-refractivity contribution in [2.45, 2.75) is 0 Å². The van der Waals surface area contributed by atoms with Crippen LogP contribution in [0.5, 0.6) is 0 Å². The standard InChI is InChI=1S/C41H23N5/c42-24-26-21-27(25-43)23-30(22-26)31-15-7-8-16-32(31)40-34-19-20-36-41(37(34)33-17-9-10-18-35(33)44-40)46-39(29-13-5-2-6-14-29)38(45-36)28-11-3-1-4-12-28/h1-23H. The molecule has 0 saturated carbocycles. The van der Waals surface area contributed by atoms with E-state index in [4.69, 9.17) is 15.0 Å². The number of nitrogens with zero attached hydrogens (tertiary/aromatic N) is 5. The van der Waals surface area contributed by atoms with Gasteiger partial charge in [-0.05, 0) is 47.5 Å². The number of pyridine rings is 1. The second-order valence-corrected chi connectivity index (χ2v) is 11.1. The van der Waals surface area contributed by atoms with E-state index in [2.05, 4.69) is 48.5 Å². The predicted molar refractivity (Wildman–Crippen MR) is 184 cm³/mol. The van der Waals surface area contributed by atoms with Gasteiger partial charge in [-0.25, -0.2) is 15.0 Å². The lowest BCUT2D eigenvalue weighted by Gasteiger charge is -2.16. The van der Waals surface area contributed by atoms with E-state index < -0.39 is 0 Å². The molecule has 0 amide bonds. The molecule has 0 aliphatic carbocycles. The average Bonchev–Trinajstić information content (AvgIpc) is 3.14. The monoisotopic (exact) mass is 585 g/mol. The first-order chi connectivity index (χ1) is 22.7. The molecular weight excluding hydrogens is 562 g/mol. The third kappa shape index (κ3) is 4.52. The lowest BCUT2D eigenvalue weighted by molar-refractivity contribution is 1.30. The number of hydrogen-bond acceptors (Lipinski definition) is 5. The van der Waals surface area contributed by atoms with Crippen molar-refractivity contribution < 1.29 is 0 Å². The van der Waals surface area contributed by atoms with Gasteiger partial charge in [0.1, 0.15) is 0 Å². The Morgan fingerprint density at radius 3 is 1.65 bits per heavy atom. The lowest BCUT2D eigenvalue weighted by Crippen LogP contribution is -1.98. The number of aromatic nitrogens is 3. The summed E-state index contributed by atoms with van der Waals surface area (Å²) in [6, 6.07) is 50.2. The Hall–Kier alpha value is -6.69. The van der Waals surface area contributed by atoms with Crippen LogP contribution >= 0.6 is 0 Å². The molecular formula is C41H23N5. The van der Waals surface area contributed by atoms with Crippen molar-refractivity contribution in [1.29, 1.82) is 10.5 Å². The topological polar surface area (TPSA) is 86.2 Å². The molecule has 8 rings (SSSR count). The number of fused-ring (bicyclic) bond motifs is 5. The molecule has 0 aliphatic heterocycles. The third-order valence-electron chi connectivity index (χ3n) is 8.28. The molecule has 0 unspecified atom stereocenters. The molecule has 2 heterocycles. The van der Waals surface area contributed by atoms with Crippen LogP contribution in [-0.4, -0.2) is 15.0 Å². The van der Waals surface area contributed by atoms with Gasteiger partial charge in [0, 0.05) is 32.8 Å². The maximum absolute atomic E-state index is 9.69. The predicted octanol–water partition coefficient (Wildman–Crippen LogP) is 9.74. The third-order valence-corrected chi connectivity index (χ3v) is 8.28. The molecule has 0 aliphatic rings. The van der Waals surface area contributed by atoms with Crippen molar-refractivity contribution in [2.24, 2.45) is 0 Å². The average molecular weight is 586 g/mol. The molecule has 2 aromatic heterocycles. The van der Waals surface area contributed by atoms with Crippen molar-refractivity contribution in [1.82, 2.24) is 15.0 Å². The van der Waals surface area contributed by atoms with E-state index in [9.17, 15) is 10.5 Å². The van der Waals surface area contributed by atoms with E-state index >= 15 is 0 Å². The summed E-state index contributed by atoms with van der Waals surface area (Å²) >= 11 is 0. The first-order valence-electron chi connectivity index (χ1n) is 14.9. The molecule has 0 spiro atoms. The number of nitriles is 2. The maximum atomic E-state index is 9.69. The molecule has 212 valence electrons.